The number of hydrogen-bond acceptors (Lipinski definition) is 4. The van der Waals surface area contributed by atoms with Gasteiger partial charge in [-0.3, -0.25) is 9.69 Å². The Hall–Kier alpha value is -3.06. The lowest BCUT2D eigenvalue weighted by molar-refractivity contribution is -0.132. The number of nitrogens with one attached hydrogen (secondary N) is 1. The van der Waals surface area contributed by atoms with Gasteiger partial charge in [0.05, 0.1) is 6.54 Å². The van der Waals surface area contributed by atoms with Gasteiger partial charge in [0, 0.05) is 15.6 Å². The largest absolute Gasteiger partial charge is 0.491 e. The lowest BCUT2D eigenvalue weighted by Crippen LogP contribution is -2.43. The van der Waals surface area contributed by atoms with Crippen molar-refractivity contribution in [2.24, 2.45) is 0 Å². The van der Waals surface area contributed by atoms with Gasteiger partial charge in [-0.2, -0.15) is 0 Å². The highest BCUT2D eigenvalue weighted by Crippen LogP contribution is 2.35. The Morgan fingerprint density at radius 1 is 1.00 bits per heavy atom. The zero-order valence-electron chi connectivity index (χ0n) is 17.8. The molecule has 0 aliphatic carbocycles. The van der Waals surface area contributed by atoms with Crippen molar-refractivity contribution < 1.29 is 19.4 Å². The van der Waals surface area contributed by atoms with Crippen molar-refractivity contribution in [1.29, 1.82) is 0 Å². The zero-order chi connectivity index (χ0) is 23.6. The van der Waals surface area contributed by atoms with Crippen LogP contribution in [0.5, 0.6) is 5.75 Å². The van der Waals surface area contributed by atoms with E-state index in [-0.39, 0.29) is 18.2 Å². The molecule has 3 amide bonds. The molecular formula is C25H22Cl2N2O4. The molecule has 170 valence electrons. The summed E-state index contributed by atoms with van der Waals surface area (Å²) in [7, 11) is 0. The van der Waals surface area contributed by atoms with Crippen LogP contribution in [0.2, 0.25) is 10.0 Å². The topological polar surface area (TPSA) is 78.9 Å². The molecule has 2 atom stereocenters. The fraction of sp³-hybridized carbons (Fsp3) is 0.200. The van der Waals surface area contributed by atoms with Gasteiger partial charge in [0.15, 0.2) is 0 Å². The summed E-state index contributed by atoms with van der Waals surface area (Å²) in [4.78, 5) is 26.5. The van der Waals surface area contributed by atoms with E-state index in [2.05, 4.69) is 5.32 Å². The predicted molar refractivity (Wildman–Crippen MR) is 127 cm³/mol. The maximum atomic E-state index is 13.1. The molecule has 2 unspecified atom stereocenters. The Bertz CT molecular complexity index is 1170. The van der Waals surface area contributed by atoms with Gasteiger partial charge in [0.25, 0.3) is 5.91 Å². The van der Waals surface area contributed by atoms with E-state index in [1.54, 1.807) is 19.1 Å². The number of aliphatic hydroxyl groups excluding tert-OH is 1. The van der Waals surface area contributed by atoms with Crippen LogP contribution >= 0.6 is 23.2 Å². The smallest absolute Gasteiger partial charge is 0.325 e. The lowest BCUT2D eigenvalue weighted by Gasteiger charge is -2.24. The number of aliphatic hydroxyl groups is 1. The number of hydrogen-bond donors (Lipinski definition) is 2. The van der Waals surface area contributed by atoms with Crippen LogP contribution in [0, 0.1) is 0 Å². The molecule has 0 radical (unpaired) electrons. The zero-order valence-corrected chi connectivity index (χ0v) is 19.3. The number of carbonyl (C=O) groups is 2. The van der Waals surface area contributed by atoms with E-state index in [0.717, 1.165) is 16.0 Å². The summed E-state index contributed by atoms with van der Waals surface area (Å²) in [5.41, 5.74) is 1.21. The van der Waals surface area contributed by atoms with Crippen molar-refractivity contribution in [1.82, 2.24) is 10.2 Å². The normalized spacial score (nSPS) is 18.8. The molecule has 0 saturated carbocycles. The van der Waals surface area contributed by atoms with Crippen LogP contribution in [0.15, 0.2) is 72.8 Å². The summed E-state index contributed by atoms with van der Waals surface area (Å²) in [5, 5.41) is 13.8. The molecule has 3 aromatic carbocycles. The van der Waals surface area contributed by atoms with Gasteiger partial charge in [-0.1, -0.05) is 71.7 Å². The first-order valence-electron chi connectivity index (χ1n) is 10.3. The average Bonchev–Trinajstić information content (AvgIpc) is 3.02. The number of imide groups is 1. The molecule has 0 aromatic heterocycles. The van der Waals surface area contributed by atoms with Crippen LogP contribution in [-0.2, 0) is 10.3 Å². The summed E-state index contributed by atoms with van der Waals surface area (Å²) in [6.45, 7) is 1.27. The van der Waals surface area contributed by atoms with E-state index in [9.17, 15) is 14.7 Å². The maximum absolute atomic E-state index is 13.1. The minimum atomic E-state index is -1.35. The van der Waals surface area contributed by atoms with Crippen LogP contribution in [0.25, 0.3) is 11.1 Å². The average molecular weight is 485 g/mol. The Labute approximate surface area is 201 Å². The van der Waals surface area contributed by atoms with E-state index in [0.29, 0.717) is 16.3 Å². The molecule has 1 aliphatic heterocycles. The summed E-state index contributed by atoms with van der Waals surface area (Å²) >= 11 is 12.2. The van der Waals surface area contributed by atoms with E-state index in [1.807, 2.05) is 54.6 Å². The van der Waals surface area contributed by atoms with Gasteiger partial charge in [0.1, 0.15) is 24.0 Å². The fourth-order valence-corrected chi connectivity index (χ4v) is 4.37. The standard InChI is InChI=1S/C25H22Cl2N2O4/c1-25(21-12-9-18(26)13-22(21)27)23(31)29(24(32)28-25)14-19(30)15-33-20-10-7-17(8-11-20)16-5-3-2-4-6-16/h2-13,19,30H,14-15H2,1H3,(H,28,32). The second-order valence-electron chi connectivity index (χ2n) is 7.95. The molecule has 1 saturated heterocycles. The third-order valence-corrected chi connectivity index (χ3v) is 6.09. The minimum Gasteiger partial charge on any atom is -0.491 e. The molecule has 0 bridgehead atoms. The highest BCUT2D eigenvalue weighted by Gasteiger charge is 2.50. The summed E-state index contributed by atoms with van der Waals surface area (Å²) in [6.07, 6.45) is -1.07. The number of nitrogens with zero attached hydrogens (tertiary/aromatic N) is 1. The second-order valence-corrected chi connectivity index (χ2v) is 8.79. The van der Waals surface area contributed by atoms with Crippen molar-refractivity contribution in [3.8, 4) is 16.9 Å². The summed E-state index contributed by atoms with van der Waals surface area (Å²) < 4.78 is 5.65. The quantitative estimate of drug-likeness (QED) is 0.469. The number of β-amino-alcohol motifs (C(OH)–C–C–N with tert-alkyl or cyclic N) is 1. The SMILES string of the molecule is CC1(c2ccc(Cl)cc2Cl)NC(=O)N(CC(O)COc2ccc(-c3ccccc3)cc2)C1=O. The van der Waals surface area contributed by atoms with Crippen LogP contribution < -0.4 is 10.1 Å². The number of halogens is 2. The van der Waals surface area contributed by atoms with Gasteiger partial charge in [-0.05, 0) is 42.3 Å². The van der Waals surface area contributed by atoms with Crippen LogP contribution in [0.3, 0.4) is 0 Å². The Morgan fingerprint density at radius 2 is 1.67 bits per heavy atom. The minimum absolute atomic E-state index is 0.0832. The Balaban J connectivity index is 1.38. The van der Waals surface area contributed by atoms with Gasteiger partial charge >= 0.3 is 6.03 Å². The van der Waals surface area contributed by atoms with Crippen LogP contribution in [0.1, 0.15) is 12.5 Å². The molecule has 4 rings (SSSR count). The summed E-state index contributed by atoms with van der Waals surface area (Å²) in [5.74, 6) is 0.0618. The molecule has 3 aromatic rings. The molecule has 2 N–H and O–H groups in total. The van der Waals surface area contributed by atoms with Crippen molar-refractivity contribution in [3.05, 3.63) is 88.4 Å². The molecular weight excluding hydrogens is 463 g/mol. The monoisotopic (exact) mass is 484 g/mol. The van der Waals surface area contributed by atoms with Crippen molar-refractivity contribution in [2.45, 2.75) is 18.6 Å². The van der Waals surface area contributed by atoms with E-state index in [4.69, 9.17) is 27.9 Å². The summed E-state index contributed by atoms with van der Waals surface area (Å²) in [6, 6.07) is 21.5. The van der Waals surface area contributed by atoms with E-state index in [1.165, 1.54) is 6.07 Å². The third-order valence-electron chi connectivity index (χ3n) is 5.54. The van der Waals surface area contributed by atoms with Gasteiger partial charge in [-0.15, -0.1) is 0 Å². The number of rotatable bonds is 7. The molecule has 8 heteroatoms. The number of amides is 3. The first-order chi connectivity index (χ1) is 15.8. The van der Waals surface area contributed by atoms with Crippen molar-refractivity contribution in [3.63, 3.8) is 0 Å². The predicted octanol–water partition coefficient (Wildman–Crippen LogP) is 4.87. The molecule has 0 spiro atoms. The first-order valence-corrected chi connectivity index (χ1v) is 11.1. The fourth-order valence-electron chi connectivity index (χ4n) is 3.77. The van der Waals surface area contributed by atoms with Gasteiger partial charge in [-0.25, -0.2) is 4.79 Å². The van der Waals surface area contributed by atoms with Gasteiger partial charge < -0.3 is 15.2 Å². The van der Waals surface area contributed by atoms with Gasteiger partial charge in [0.2, 0.25) is 0 Å². The van der Waals surface area contributed by atoms with Crippen molar-refractivity contribution >= 4 is 35.1 Å². The Kier molecular flexibility index (Phi) is 6.61. The van der Waals surface area contributed by atoms with Crippen LogP contribution in [0.4, 0.5) is 4.79 Å². The number of carbonyl (C=O) groups excluding carboxylic acids is 2. The third kappa shape index (κ3) is 4.83. The van der Waals surface area contributed by atoms with Crippen LogP contribution in [-0.4, -0.2) is 41.2 Å². The molecule has 6 nitrogen and oxygen atoms in total. The van der Waals surface area contributed by atoms with Crippen molar-refractivity contribution in [2.75, 3.05) is 13.2 Å². The maximum Gasteiger partial charge on any atom is 0.325 e. The molecule has 1 fully saturated rings. The number of urea groups is 1. The number of ether oxygens (including phenoxy) is 1. The number of benzene rings is 3. The van der Waals surface area contributed by atoms with E-state index < -0.39 is 23.6 Å². The Morgan fingerprint density at radius 3 is 2.33 bits per heavy atom. The van der Waals surface area contributed by atoms with E-state index >= 15 is 0 Å². The lowest BCUT2D eigenvalue weighted by atomic mass is 9.92. The second kappa shape index (κ2) is 9.43. The molecule has 33 heavy (non-hydrogen) atoms. The molecule has 1 heterocycles. The molecule has 1 aliphatic rings. The first kappa shape index (κ1) is 23.1. The highest BCUT2D eigenvalue weighted by molar-refractivity contribution is 6.35. The highest BCUT2D eigenvalue weighted by atomic mass is 35.5.